The zero-order chi connectivity index (χ0) is 16.4. The maximum absolute atomic E-state index is 12.8. The van der Waals surface area contributed by atoms with Gasteiger partial charge in [0.15, 0.2) is 0 Å². The van der Waals surface area contributed by atoms with Crippen molar-refractivity contribution in [1.82, 2.24) is 9.80 Å². The van der Waals surface area contributed by atoms with Gasteiger partial charge in [0.2, 0.25) is 5.91 Å². The van der Waals surface area contributed by atoms with Crippen LogP contribution < -0.4 is 0 Å². The third kappa shape index (κ3) is 2.87. The van der Waals surface area contributed by atoms with Crippen molar-refractivity contribution >= 4 is 11.8 Å². The van der Waals surface area contributed by atoms with Crippen LogP contribution in [0.2, 0.25) is 0 Å². The lowest BCUT2D eigenvalue weighted by molar-refractivity contribution is -0.138. The highest BCUT2D eigenvalue weighted by atomic mass is 16.5. The molecule has 0 unspecified atom stereocenters. The fraction of sp³-hybridized carbons (Fsp3) is 0.647. The summed E-state index contributed by atoms with van der Waals surface area (Å²) in [5.41, 5.74) is 0.197. The third-order valence-corrected chi connectivity index (χ3v) is 5.12. The fourth-order valence-electron chi connectivity index (χ4n) is 3.77. The van der Waals surface area contributed by atoms with E-state index in [-0.39, 0.29) is 11.8 Å². The molecule has 2 saturated heterocycles. The van der Waals surface area contributed by atoms with Gasteiger partial charge in [-0.15, -0.1) is 0 Å². The van der Waals surface area contributed by atoms with Gasteiger partial charge in [0.05, 0.1) is 23.8 Å². The summed E-state index contributed by atoms with van der Waals surface area (Å²) >= 11 is 0. The highest BCUT2D eigenvalue weighted by molar-refractivity contribution is 5.96. The molecule has 3 heterocycles. The Labute approximate surface area is 136 Å². The molecule has 2 fully saturated rings. The molecule has 2 aliphatic heterocycles. The molecule has 0 aliphatic carbocycles. The van der Waals surface area contributed by atoms with E-state index in [0.29, 0.717) is 37.6 Å². The lowest BCUT2D eigenvalue weighted by atomic mass is 9.78. The number of carbonyl (C=O) groups is 2. The van der Waals surface area contributed by atoms with Crippen molar-refractivity contribution in [3.63, 3.8) is 0 Å². The van der Waals surface area contributed by atoms with Gasteiger partial charge in [0, 0.05) is 33.3 Å². The van der Waals surface area contributed by atoms with E-state index >= 15 is 0 Å². The van der Waals surface area contributed by atoms with Gasteiger partial charge in [-0.3, -0.25) is 9.59 Å². The van der Waals surface area contributed by atoms with Gasteiger partial charge in [0.1, 0.15) is 5.76 Å². The van der Waals surface area contributed by atoms with Crippen molar-refractivity contribution in [2.75, 3.05) is 39.9 Å². The summed E-state index contributed by atoms with van der Waals surface area (Å²) in [6.07, 6.45) is 4.09. The topological polar surface area (TPSA) is 63.0 Å². The lowest BCUT2D eigenvalue weighted by Gasteiger charge is -2.39. The normalized spacial score (nSPS) is 24.7. The second-order valence-electron chi connectivity index (χ2n) is 6.54. The molecule has 1 spiro atoms. The Morgan fingerprint density at radius 1 is 1.39 bits per heavy atom. The fourth-order valence-corrected chi connectivity index (χ4v) is 3.77. The number of hydrogen-bond acceptors (Lipinski definition) is 4. The van der Waals surface area contributed by atoms with E-state index in [1.165, 1.54) is 6.26 Å². The van der Waals surface area contributed by atoms with Crippen LogP contribution in [0.25, 0.3) is 0 Å². The molecule has 0 bridgehead atoms. The molecule has 126 valence electrons. The third-order valence-electron chi connectivity index (χ3n) is 5.12. The average molecular weight is 320 g/mol. The van der Waals surface area contributed by atoms with Crippen molar-refractivity contribution in [1.29, 1.82) is 0 Å². The monoisotopic (exact) mass is 320 g/mol. The van der Waals surface area contributed by atoms with Crippen LogP contribution in [0.3, 0.4) is 0 Å². The molecule has 0 N–H and O–H groups in total. The number of carbonyl (C=O) groups excluding carboxylic acids is 2. The van der Waals surface area contributed by atoms with Gasteiger partial charge in [-0.05, 0) is 32.3 Å². The molecule has 0 aromatic carbocycles. The van der Waals surface area contributed by atoms with Crippen molar-refractivity contribution < 1.29 is 18.7 Å². The number of aryl methyl sites for hydroxylation is 1. The van der Waals surface area contributed by atoms with E-state index in [4.69, 9.17) is 9.15 Å². The molecule has 1 aromatic heterocycles. The number of rotatable bonds is 4. The van der Waals surface area contributed by atoms with Gasteiger partial charge in [0.25, 0.3) is 5.91 Å². The predicted octanol–water partition coefficient (Wildman–Crippen LogP) is 1.69. The minimum Gasteiger partial charge on any atom is -0.469 e. The van der Waals surface area contributed by atoms with Crippen LogP contribution in [-0.4, -0.2) is 61.5 Å². The van der Waals surface area contributed by atoms with E-state index in [1.54, 1.807) is 20.1 Å². The zero-order valence-electron chi connectivity index (χ0n) is 13.8. The molecule has 1 aromatic rings. The Hall–Kier alpha value is -1.82. The van der Waals surface area contributed by atoms with Gasteiger partial charge in [-0.1, -0.05) is 0 Å². The van der Waals surface area contributed by atoms with Gasteiger partial charge < -0.3 is 19.0 Å². The highest BCUT2D eigenvalue weighted by Gasteiger charge is 2.49. The Balaban J connectivity index is 1.72. The average Bonchev–Trinajstić information content (AvgIpc) is 3.11. The minimum absolute atomic E-state index is 0.0292. The van der Waals surface area contributed by atoms with E-state index in [9.17, 15) is 9.59 Å². The predicted molar refractivity (Wildman–Crippen MR) is 84.1 cm³/mol. The molecular weight excluding hydrogens is 296 g/mol. The number of piperidine rings is 1. The van der Waals surface area contributed by atoms with E-state index in [0.717, 1.165) is 25.8 Å². The van der Waals surface area contributed by atoms with E-state index in [2.05, 4.69) is 0 Å². The maximum Gasteiger partial charge on any atom is 0.257 e. The molecule has 2 aliphatic rings. The number of likely N-dealkylation sites (tertiary alicyclic amines) is 2. The molecule has 2 amide bonds. The van der Waals surface area contributed by atoms with E-state index in [1.807, 2.05) is 9.80 Å². The first-order valence-electron chi connectivity index (χ1n) is 8.19. The number of methoxy groups -OCH3 is 1. The van der Waals surface area contributed by atoms with Crippen LogP contribution in [0.1, 0.15) is 35.4 Å². The van der Waals surface area contributed by atoms with Crippen LogP contribution in [0.15, 0.2) is 16.7 Å². The standard InChI is InChI=1S/C17H24N2O4/c1-13-14(4-10-23-13)15(20)19-7-3-5-17(12-19)6-8-18(16(17)21)9-11-22-2/h4,10H,3,5-9,11-12H2,1-2H3/t17-/m0/s1. The number of hydrogen-bond donors (Lipinski definition) is 0. The summed E-state index contributed by atoms with van der Waals surface area (Å²) < 4.78 is 10.3. The van der Waals surface area contributed by atoms with Crippen LogP contribution in [0, 0.1) is 12.3 Å². The molecule has 6 nitrogen and oxygen atoms in total. The van der Waals surface area contributed by atoms with Crippen LogP contribution in [0.5, 0.6) is 0 Å². The largest absolute Gasteiger partial charge is 0.469 e. The summed E-state index contributed by atoms with van der Waals surface area (Å²) in [7, 11) is 1.64. The summed E-state index contributed by atoms with van der Waals surface area (Å²) in [4.78, 5) is 29.2. The highest BCUT2D eigenvalue weighted by Crippen LogP contribution is 2.40. The van der Waals surface area contributed by atoms with Crippen molar-refractivity contribution in [3.05, 3.63) is 23.7 Å². The van der Waals surface area contributed by atoms with E-state index < -0.39 is 5.41 Å². The molecule has 0 saturated carbocycles. The summed E-state index contributed by atoms with van der Waals surface area (Å²) in [5.74, 6) is 0.781. The summed E-state index contributed by atoms with van der Waals surface area (Å²) in [6.45, 7) is 4.95. The second-order valence-corrected chi connectivity index (χ2v) is 6.54. The minimum atomic E-state index is -0.403. The molecular formula is C17H24N2O4. The Bertz CT molecular complexity index is 597. The van der Waals surface area contributed by atoms with Gasteiger partial charge >= 0.3 is 0 Å². The number of ether oxygens (including phenoxy) is 1. The first kappa shape index (κ1) is 16.1. The Kier molecular flexibility index (Phi) is 4.43. The smallest absolute Gasteiger partial charge is 0.257 e. The van der Waals surface area contributed by atoms with Crippen LogP contribution in [0.4, 0.5) is 0 Å². The van der Waals surface area contributed by atoms with Gasteiger partial charge in [-0.25, -0.2) is 0 Å². The molecule has 1 atom stereocenters. The quantitative estimate of drug-likeness (QED) is 0.847. The summed E-state index contributed by atoms with van der Waals surface area (Å²) in [6, 6.07) is 1.71. The second kappa shape index (κ2) is 6.35. The van der Waals surface area contributed by atoms with Crippen molar-refractivity contribution in [2.45, 2.75) is 26.2 Å². The maximum atomic E-state index is 12.8. The Morgan fingerprint density at radius 2 is 2.22 bits per heavy atom. The SMILES string of the molecule is COCCN1CC[C@]2(CCCN(C(=O)c3ccoc3C)C2)C1=O. The zero-order valence-corrected chi connectivity index (χ0v) is 13.8. The number of furan rings is 1. The van der Waals surface area contributed by atoms with Crippen molar-refractivity contribution in [3.8, 4) is 0 Å². The first-order chi connectivity index (χ1) is 11.1. The van der Waals surface area contributed by atoms with Gasteiger partial charge in [-0.2, -0.15) is 0 Å². The first-order valence-corrected chi connectivity index (χ1v) is 8.19. The molecule has 3 rings (SSSR count). The molecule has 0 radical (unpaired) electrons. The molecule has 23 heavy (non-hydrogen) atoms. The lowest BCUT2D eigenvalue weighted by Crippen LogP contribution is -2.50. The van der Waals surface area contributed by atoms with Crippen LogP contribution in [-0.2, 0) is 9.53 Å². The van der Waals surface area contributed by atoms with Crippen molar-refractivity contribution in [2.24, 2.45) is 5.41 Å². The van der Waals surface area contributed by atoms with Crippen LogP contribution >= 0.6 is 0 Å². The summed E-state index contributed by atoms with van der Waals surface area (Å²) in [5, 5.41) is 0. The number of amides is 2. The number of nitrogens with zero attached hydrogens (tertiary/aromatic N) is 2. The molecule has 6 heteroatoms. The Morgan fingerprint density at radius 3 is 2.91 bits per heavy atom.